The summed E-state index contributed by atoms with van der Waals surface area (Å²) in [6.45, 7) is 1.89. The number of ketones is 1. The van der Waals surface area contributed by atoms with Gasteiger partial charge in [0.1, 0.15) is 5.75 Å². The number of carbonyl (C=O) groups is 1. The number of Topliss-reactive ketones (excluding diaryl/α,β-unsaturated/α-hetero) is 1. The van der Waals surface area contributed by atoms with Crippen molar-refractivity contribution in [3.05, 3.63) is 62.6 Å². The SMILES string of the molecule is COc1ccc(Br)c(CC(=O)c2cccc(C)c2Cl)c1. The molecule has 0 N–H and O–H groups in total. The number of carbonyl (C=O) groups excluding carboxylic acids is 1. The molecule has 20 heavy (non-hydrogen) atoms. The summed E-state index contributed by atoms with van der Waals surface area (Å²) < 4.78 is 6.07. The van der Waals surface area contributed by atoms with Crippen LogP contribution in [0.5, 0.6) is 5.75 Å². The second kappa shape index (κ2) is 6.42. The lowest BCUT2D eigenvalue weighted by Gasteiger charge is -2.09. The molecule has 0 bridgehead atoms. The molecule has 0 amide bonds. The third kappa shape index (κ3) is 3.22. The zero-order chi connectivity index (χ0) is 14.7. The van der Waals surface area contributed by atoms with Gasteiger partial charge in [0.25, 0.3) is 0 Å². The highest BCUT2D eigenvalue weighted by atomic mass is 79.9. The molecule has 0 heterocycles. The van der Waals surface area contributed by atoms with Gasteiger partial charge in [-0.05, 0) is 42.3 Å². The molecule has 0 fully saturated rings. The van der Waals surface area contributed by atoms with Gasteiger partial charge in [0.15, 0.2) is 5.78 Å². The van der Waals surface area contributed by atoms with Crippen LogP contribution in [0.4, 0.5) is 0 Å². The van der Waals surface area contributed by atoms with Crippen molar-refractivity contribution in [3.8, 4) is 5.75 Å². The van der Waals surface area contributed by atoms with Crippen LogP contribution in [0.2, 0.25) is 5.02 Å². The number of benzene rings is 2. The van der Waals surface area contributed by atoms with Gasteiger partial charge in [-0.25, -0.2) is 0 Å². The summed E-state index contributed by atoms with van der Waals surface area (Å²) >= 11 is 9.65. The number of rotatable bonds is 4. The minimum absolute atomic E-state index is 0.00680. The summed E-state index contributed by atoms with van der Waals surface area (Å²) in [6, 6.07) is 11.1. The largest absolute Gasteiger partial charge is 0.497 e. The zero-order valence-electron chi connectivity index (χ0n) is 11.2. The molecule has 0 saturated carbocycles. The molecule has 2 rings (SSSR count). The van der Waals surface area contributed by atoms with E-state index in [-0.39, 0.29) is 12.2 Å². The van der Waals surface area contributed by atoms with Gasteiger partial charge in [0.05, 0.1) is 12.1 Å². The van der Waals surface area contributed by atoms with Crippen molar-refractivity contribution < 1.29 is 9.53 Å². The number of methoxy groups -OCH3 is 1. The summed E-state index contributed by atoms with van der Waals surface area (Å²) in [5.74, 6) is 0.721. The number of hydrogen-bond acceptors (Lipinski definition) is 2. The van der Waals surface area contributed by atoms with E-state index in [1.807, 2.05) is 37.3 Å². The van der Waals surface area contributed by atoms with Gasteiger partial charge in [-0.2, -0.15) is 0 Å². The molecule has 104 valence electrons. The van der Waals surface area contributed by atoms with E-state index in [0.29, 0.717) is 10.6 Å². The minimum Gasteiger partial charge on any atom is -0.497 e. The van der Waals surface area contributed by atoms with E-state index in [4.69, 9.17) is 16.3 Å². The first-order valence-electron chi connectivity index (χ1n) is 6.13. The quantitative estimate of drug-likeness (QED) is 0.735. The monoisotopic (exact) mass is 352 g/mol. The average Bonchev–Trinajstić information content (AvgIpc) is 2.44. The highest BCUT2D eigenvalue weighted by Gasteiger charge is 2.14. The Bertz CT molecular complexity index is 653. The summed E-state index contributed by atoms with van der Waals surface area (Å²) in [4.78, 5) is 12.4. The molecular weight excluding hydrogens is 340 g/mol. The van der Waals surface area contributed by atoms with Crippen LogP contribution in [-0.2, 0) is 6.42 Å². The highest BCUT2D eigenvalue weighted by Crippen LogP contribution is 2.26. The van der Waals surface area contributed by atoms with Crippen LogP contribution in [0.1, 0.15) is 21.5 Å². The number of halogens is 2. The predicted octanol–water partition coefficient (Wildman–Crippen LogP) is 4.84. The maximum Gasteiger partial charge on any atom is 0.168 e. The fourth-order valence-corrected chi connectivity index (χ4v) is 2.56. The molecule has 0 saturated heterocycles. The van der Waals surface area contributed by atoms with Gasteiger partial charge < -0.3 is 4.74 Å². The van der Waals surface area contributed by atoms with Gasteiger partial charge in [-0.15, -0.1) is 0 Å². The third-order valence-electron chi connectivity index (χ3n) is 3.10. The minimum atomic E-state index is -0.00680. The Morgan fingerprint density at radius 1 is 1.30 bits per heavy atom. The van der Waals surface area contributed by atoms with E-state index in [0.717, 1.165) is 21.3 Å². The van der Waals surface area contributed by atoms with E-state index in [9.17, 15) is 4.79 Å². The zero-order valence-corrected chi connectivity index (χ0v) is 13.6. The van der Waals surface area contributed by atoms with Gasteiger partial charge in [-0.3, -0.25) is 4.79 Å². The van der Waals surface area contributed by atoms with Crippen LogP contribution in [0.25, 0.3) is 0 Å². The van der Waals surface area contributed by atoms with Crippen molar-refractivity contribution in [2.45, 2.75) is 13.3 Å². The van der Waals surface area contributed by atoms with Crippen molar-refractivity contribution in [2.75, 3.05) is 7.11 Å². The van der Waals surface area contributed by atoms with Crippen molar-refractivity contribution in [2.24, 2.45) is 0 Å². The van der Waals surface area contributed by atoms with Crippen LogP contribution in [-0.4, -0.2) is 12.9 Å². The molecule has 0 aromatic heterocycles. The Kier molecular flexibility index (Phi) is 4.84. The molecule has 0 unspecified atom stereocenters. The summed E-state index contributed by atoms with van der Waals surface area (Å²) in [5, 5.41) is 0.525. The topological polar surface area (TPSA) is 26.3 Å². The molecule has 0 aliphatic carbocycles. The Morgan fingerprint density at radius 3 is 2.75 bits per heavy atom. The maximum absolute atomic E-state index is 12.4. The lowest BCUT2D eigenvalue weighted by molar-refractivity contribution is 0.0993. The van der Waals surface area contributed by atoms with Crippen molar-refractivity contribution in [1.29, 1.82) is 0 Å². The van der Waals surface area contributed by atoms with Gasteiger partial charge in [0, 0.05) is 16.5 Å². The van der Waals surface area contributed by atoms with E-state index in [1.165, 1.54) is 0 Å². The molecular formula is C16H14BrClO2. The van der Waals surface area contributed by atoms with Crippen molar-refractivity contribution >= 4 is 33.3 Å². The van der Waals surface area contributed by atoms with Crippen LogP contribution in [0.15, 0.2) is 40.9 Å². The summed E-state index contributed by atoms with van der Waals surface area (Å²) in [5.41, 5.74) is 2.34. The Hall–Kier alpha value is -1.32. The highest BCUT2D eigenvalue weighted by molar-refractivity contribution is 9.10. The molecule has 2 aromatic carbocycles. The molecule has 2 nitrogen and oxygen atoms in total. The van der Waals surface area contributed by atoms with Crippen LogP contribution < -0.4 is 4.74 Å². The second-order valence-electron chi connectivity index (χ2n) is 4.49. The normalized spacial score (nSPS) is 10.4. The Balaban J connectivity index is 2.30. The Labute approximate surface area is 131 Å². The lowest BCUT2D eigenvalue weighted by atomic mass is 10.0. The van der Waals surface area contributed by atoms with Crippen LogP contribution >= 0.6 is 27.5 Å². The first-order valence-corrected chi connectivity index (χ1v) is 7.30. The third-order valence-corrected chi connectivity index (χ3v) is 4.37. The lowest BCUT2D eigenvalue weighted by Crippen LogP contribution is -2.05. The van der Waals surface area contributed by atoms with Gasteiger partial charge in [0.2, 0.25) is 0 Å². The first kappa shape index (κ1) is 15.1. The van der Waals surface area contributed by atoms with Crippen LogP contribution in [0.3, 0.4) is 0 Å². The molecule has 0 radical (unpaired) electrons. The standard InChI is InChI=1S/C16H14BrClO2/c1-10-4-3-5-13(16(10)18)15(19)9-11-8-12(20-2)6-7-14(11)17/h3-8H,9H2,1-2H3. The molecule has 0 aliphatic heterocycles. The van der Waals surface area contributed by atoms with Crippen molar-refractivity contribution in [3.63, 3.8) is 0 Å². The molecule has 0 aliphatic rings. The Morgan fingerprint density at radius 2 is 2.05 bits per heavy atom. The summed E-state index contributed by atoms with van der Waals surface area (Å²) in [7, 11) is 1.60. The molecule has 0 atom stereocenters. The van der Waals surface area contributed by atoms with E-state index in [1.54, 1.807) is 13.2 Å². The number of ether oxygens (including phenoxy) is 1. The predicted molar refractivity (Wildman–Crippen MR) is 84.9 cm³/mol. The second-order valence-corrected chi connectivity index (χ2v) is 5.73. The van der Waals surface area contributed by atoms with Gasteiger partial charge >= 0.3 is 0 Å². The number of hydrogen-bond donors (Lipinski definition) is 0. The average molecular weight is 354 g/mol. The van der Waals surface area contributed by atoms with Gasteiger partial charge in [-0.1, -0.05) is 39.7 Å². The summed E-state index contributed by atoms with van der Waals surface area (Å²) in [6.07, 6.45) is 0.279. The molecule has 2 aromatic rings. The van der Waals surface area contributed by atoms with E-state index >= 15 is 0 Å². The fourth-order valence-electron chi connectivity index (χ4n) is 1.94. The van der Waals surface area contributed by atoms with Crippen molar-refractivity contribution in [1.82, 2.24) is 0 Å². The molecule has 4 heteroatoms. The molecule has 0 spiro atoms. The fraction of sp³-hybridized carbons (Fsp3) is 0.188. The van der Waals surface area contributed by atoms with E-state index in [2.05, 4.69) is 15.9 Å². The number of aryl methyl sites for hydroxylation is 1. The van der Waals surface area contributed by atoms with E-state index < -0.39 is 0 Å². The smallest absolute Gasteiger partial charge is 0.168 e. The maximum atomic E-state index is 12.4. The first-order chi connectivity index (χ1) is 9.52. The van der Waals surface area contributed by atoms with Crippen LogP contribution in [0, 0.1) is 6.92 Å².